The van der Waals surface area contributed by atoms with E-state index in [1.807, 2.05) is 0 Å². The number of ether oxygens (including phenoxy) is 1. The van der Waals surface area contributed by atoms with Crippen molar-refractivity contribution in [2.24, 2.45) is 0 Å². The average Bonchev–Trinajstić information content (AvgIpc) is 3.56. The molecule has 2 aromatic rings. The summed E-state index contributed by atoms with van der Waals surface area (Å²) in [5, 5.41) is 9.80. The van der Waals surface area contributed by atoms with Gasteiger partial charge in [0.15, 0.2) is 0 Å². The van der Waals surface area contributed by atoms with Gasteiger partial charge in [-0.1, -0.05) is 18.9 Å². The zero-order chi connectivity index (χ0) is 23.3. The monoisotopic (exact) mass is 475 g/mol. The Kier molecular flexibility index (Phi) is 7.41. The molecule has 0 bridgehead atoms. The molecule has 1 saturated carbocycles. The second kappa shape index (κ2) is 10.4. The van der Waals surface area contributed by atoms with E-state index in [-0.39, 0.29) is 41.6 Å². The van der Waals surface area contributed by atoms with Gasteiger partial charge >= 0.3 is 0 Å². The maximum Gasteiger partial charge on any atom is 0.255 e. The van der Waals surface area contributed by atoms with E-state index < -0.39 is 15.9 Å². The number of amides is 2. The summed E-state index contributed by atoms with van der Waals surface area (Å²) in [5.41, 5.74) is 0.611. The number of rotatable bonds is 9. The first-order chi connectivity index (χ1) is 15.9. The number of carbonyl (C=O) groups excluding carboxylic acids is 2. The Hall–Kier alpha value is -2.76. The second-order valence-corrected chi connectivity index (χ2v) is 10.2. The molecule has 33 heavy (non-hydrogen) atoms. The van der Waals surface area contributed by atoms with E-state index >= 15 is 0 Å². The predicted molar refractivity (Wildman–Crippen MR) is 121 cm³/mol. The van der Waals surface area contributed by atoms with Crippen molar-refractivity contribution in [2.45, 2.75) is 62.1 Å². The molecule has 1 aliphatic carbocycles. The van der Waals surface area contributed by atoms with Gasteiger partial charge in [0, 0.05) is 31.0 Å². The van der Waals surface area contributed by atoms with Crippen LogP contribution in [0.4, 0.5) is 5.69 Å². The summed E-state index contributed by atoms with van der Waals surface area (Å²) in [6.45, 7) is 0.909. The van der Waals surface area contributed by atoms with Crippen LogP contribution in [0.1, 0.15) is 48.9 Å². The number of aromatic nitrogens is 2. The number of nitrogens with zero attached hydrogens (tertiary/aromatic N) is 2. The Morgan fingerprint density at radius 1 is 1.15 bits per heavy atom. The smallest absolute Gasteiger partial charge is 0.255 e. The number of sulfonamides is 1. The Morgan fingerprint density at radius 2 is 1.97 bits per heavy atom. The SMILES string of the molecule is O=C(Cn1cc(NC(=O)c2cccc(S(=O)(=O)NCC3CCCO3)c2)cn1)NC1CCCC1. The summed E-state index contributed by atoms with van der Waals surface area (Å²) >= 11 is 0. The molecule has 1 unspecified atom stereocenters. The third kappa shape index (κ3) is 6.40. The minimum absolute atomic E-state index is 0.00688. The maximum atomic E-state index is 12.7. The lowest BCUT2D eigenvalue weighted by Gasteiger charge is -2.12. The lowest BCUT2D eigenvalue weighted by Crippen LogP contribution is -2.35. The van der Waals surface area contributed by atoms with Crippen molar-refractivity contribution in [1.29, 1.82) is 0 Å². The molecule has 1 aliphatic heterocycles. The van der Waals surface area contributed by atoms with Crippen LogP contribution >= 0.6 is 0 Å². The molecular weight excluding hydrogens is 446 g/mol. The summed E-state index contributed by atoms with van der Waals surface area (Å²) in [7, 11) is -3.77. The number of nitrogens with one attached hydrogen (secondary N) is 3. The fourth-order valence-corrected chi connectivity index (χ4v) is 5.22. The third-order valence-electron chi connectivity index (χ3n) is 5.85. The molecule has 3 N–H and O–H groups in total. The van der Waals surface area contributed by atoms with E-state index in [1.165, 1.54) is 35.1 Å². The number of carbonyl (C=O) groups is 2. The Morgan fingerprint density at radius 3 is 2.73 bits per heavy atom. The van der Waals surface area contributed by atoms with Gasteiger partial charge < -0.3 is 15.4 Å². The quantitative estimate of drug-likeness (QED) is 0.505. The van der Waals surface area contributed by atoms with Crippen molar-refractivity contribution in [3.8, 4) is 0 Å². The zero-order valence-electron chi connectivity index (χ0n) is 18.3. The lowest BCUT2D eigenvalue weighted by molar-refractivity contribution is -0.122. The van der Waals surface area contributed by atoms with Crippen LogP contribution in [-0.2, 0) is 26.1 Å². The topological polar surface area (TPSA) is 131 Å². The van der Waals surface area contributed by atoms with Crippen LogP contribution in [0.5, 0.6) is 0 Å². The standard InChI is InChI=1S/C22H29N5O5S/c28-21(25-17-6-1-2-7-17)15-27-14-18(12-23-27)26-22(29)16-5-3-9-20(11-16)33(30,31)24-13-19-8-4-10-32-19/h3,5,9,11-12,14,17,19,24H,1-2,4,6-8,10,13,15H2,(H,25,28)(H,26,29). The number of hydrogen-bond acceptors (Lipinski definition) is 6. The van der Waals surface area contributed by atoms with Gasteiger partial charge in [-0.25, -0.2) is 13.1 Å². The van der Waals surface area contributed by atoms with Crippen molar-refractivity contribution in [3.63, 3.8) is 0 Å². The van der Waals surface area contributed by atoms with Crippen molar-refractivity contribution >= 4 is 27.5 Å². The molecular formula is C22H29N5O5S. The van der Waals surface area contributed by atoms with Gasteiger partial charge in [0.05, 0.1) is 22.9 Å². The molecule has 2 aliphatic rings. The molecule has 4 rings (SSSR count). The van der Waals surface area contributed by atoms with Gasteiger partial charge in [0.1, 0.15) is 6.54 Å². The van der Waals surface area contributed by atoms with Crippen LogP contribution in [0.2, 0.25) is 0 Å². The summed E-state index contributed by atoms with van der Waals surface area (Å²) < 4.78 is 34.7. The van der Waals surface area contributed by atoms with E-state index in [0.29, 0.717) is 12.3 Å². The summed E-state index contributed by atoms with van der Waals surface area (Å²) in [6.07, 6.45) is 8.91. The predicted octanol–water partition coefficient (Wildman–Crippen LogP) is 1.65. The molecule has 1 aromatic heterocycles. The van der Waals surface area contributed by atoms with E-state index in [1.54, 1.807) is 6.20 Å². The molecule has 0 spiro atoms. The van der Waals surface area contributed by atoms with E-state index in [2.05, 4.69) is 20.5 Å². The van der Waals surface area contributed by atoms with Gasteiger partial charge in [0.2, 0.25) is 15.9 Å². The molecule has 2 heterocycles. The Bertz CT molecular complexity index is 1090. The first-order valence-electron chi connectivity index (χ1n) is 11.2. The van der Waals surface area contributed by atoms with E-state index in [4.69, 9.17) is 4.74 Å². The summed E-state index contributed by atoms with van der Waals surface area (Å²) in [5.74, 6) is -0.586. The van der Waals surface area contributed by atoms with Crippen LogP contribution in [-0.4, -0.2) is 55.3 Å². The van der Waals surface area contributed by atoms with E-state index in [0.717, 1.165) is 38.5 Å². The van der Waals surface area contributed by atoms with Gasteiger partial charge in [-0.15, -0.1) is 0 Å². The molecule has 178 valence electrons. The van der Waals surface area contributed by atoms with Crippen LogP contribution < -0.4 is 15.4 Å². The molecule has 2 fully saturated rings. The molecule has 10 nitrogen and oxygen atoms in total. The average molecular weight is 476 g/mol. The van der Waals surface area contributed by atoms with Crippen LogP contribution in [0.15, 0.2) is 41.6 Å². The zero-order valence-corrected chi connectivity index (χ0v) is 19.1. The molecule has 1 aromatic carbocycles. The van der Waals surface area contributed by atoms with Crippen LogP contribution in [0, 0.1) is 0 Å². The van der Waals surface area contributed by atoms with Crippen molar-refractivity contribution in [2.75, 3.05) is 18.5 Å². The molecule has 0 radical (unpaired) electrons. The van der Waals surface area contributed by atoms with E-state index in [9.17, 15) is 18.0 Å². The van der Waals surface area contributed by atoms with Gasteiger partial charge in [-0.3, -0.25) is 14.3 Å². The largest absolute Gasteiger partial charge is 0.377 e. The second-order valence-electron chi connectivity index (χ2n) is 8.44. The molecule has 2 amide bonds. The minimum atomic E-state index is -3.77. The van der Waals surface area contributed by atoms with Crippen molar-refractivity contribution in [1.82, 2.24) is 19.8 Å². The summed E-state index contributed by atoms with van der Waals surface area (Å²) in [6, 6.07) is 6.05. The highest BCUT2D eigenvalue weighted by Crippen LogP contribution is 2.18. The highest BCUT2D eigenvalue weighted by atomic mass is 32.2. The maximum absolute atomic E-state index is 12.7. The van der Waals surface area contributed by atoms with Crippen LogP contribution in [0.3, 0.4) is 0 Å². The number of benzene rings is 1. The highest BCUT2D eigenvalue weighted by Gasteiger charge is 2.21. The number of hydrogen-bond donors (Lipinski definition) is 3. The molecule has 1 saturated heterocycles. The fourth-order valence-electron chi connectivity index (χ4n) is 4.10. The fraction of sp³-hybridized carbons (Fsp3) is 0.500. The third-order valence-corrected chi connectivity index (χ3v) is 7.27. The number of anilines is 1. The van der Waals surface area contributed by atoms with Crippen molar-refractivity contribution < 1.29 is 22.7 Å². The normalized spacial score (nSPS) is 19.0. The summed E-state index contributed by atoms with van der Waals surface area (Å²) in [4.78, 5) is 24.8. The lowest BCUT2D eigenvalue weighted by atomic mass is 10.2. The van der Waals surface area contributed by atoms with Gasteiger partial charge in [-0.05, 0) is 43.9 Å². The van der Waals surface area contributed by atoms with Crippen LogP contribution in [0.25, 0.3) is 0 Å². The highest BCUT2D eigenvalue weighted by molar-refractivity contribution is 7.89. The van der Waals surface area contributed by atoms with Crippen molar-refractivity contribution in [3.05, 3.63) is 42.2 Å². The first kappa shape index (κ1) is 23.4. The Labute approximate surface area is 193 Å². The molecule has 1 atom stereocenters. The Balaban J connectivity index is 1.33. The van der Waals surface area contributed by atoms with Gasteiger partial charge in [0.25, 0.3) is 5.91 Å². The minimum Gasteiger partial charge on any atom is -0.377 e. The van der Waals surface area contributed by atoms with Gasteiger partial charge in [-0.2, -0.15) is 5.10 Å². The molecule has 11 heteroatoms. The first-order valence-corrected chi connectivity index (χ1v) is 12.7.